The zero-order chi connectivity index (χ0) is 18.9. The number of hydrogen-bond acceptors (Lipinski definition) is 4. The van der Waals surface area contributed by atoms with E-state index in [2.05, 4.69) is 35.6 Å². The number of rotatable bonds is 4. The van der Waals surface area contributed by atoms with E-state index >= 15 is 0 Å². The van der Waals surface area contributed by atoms with Crippen molar-refractivity contribution in [1.82, 2.24) is 9.88 Å². The smallest absolute Gasteiger partial charge is 0.357 e. The first-order chi connectivity index (χ1) is 12.1. The summed E-state index contributed by atoms with van der Waals surface area (Å²) in [4.78, 5) is 8.94. The van der Waals surface area contributed by atoms with Crippen LogP contribution in [0.15, 0.2) is 47.6 Å². The lowest BCUT2D eigenvalue weighted by Gasteiger charge is -2.30. The van der Waals surface area contributed by atoms with Gasteiger partial charge in [-0.1, -0.05) is 0 Å². The summed E-state index contributed by atoms with van der Waals surface area (Å²) in [5, 5.41) is 0. The van der Waals surface area contributed by atoms with Crippen molar-refractivity contribution in [2.45, 2.75) is 43.3 Å². The maximum absolute atomic E-state index is 12.5. The van der Waals surface area contributed by atoms with Crippen LogP contribution in [0.4, 0.5) is 18.9 Å². The SMILES string of the molecule is Cc1cnccc1CN1CN(c2ccc(SC(F)(F)F)cc2)CC1(C)C. The fraction of sp³-hybridized carbons (Fsp3) is 0.421. The number of hydrogen-bond donors (Lipinski definition) is 0. The third kappa shape index (κ3) is 4.51. The molecule has 0 spiro atoms. The van der Waals surface area contributed by atoms with Gasteiger partial charge in [-0.15, -0.1) is 0 Å². The van der Waals surface area contributed by atoms with Crippen LogP contribution in [0.25, 0.3) is 0 Å². The normalized spacial score (nSPS) is 17.7. The van der Waals surface area contributed by atoms with Crippen LogP contribution in [0.3, 0.4) is 0 Å². The number of aryl methyl sites for hydroxylation is 1. The molecule has 0 radical (unpaired) electrons. The number of pyridine rings is 1. The second-order valence-corrected chi connectivity index (χ2v) is 8.33. The number of thioether (sulfide) groups is 1. The van der Waals surface area contributed by atoms with Crippen LogP contribution in [0, 0.1) is 6.92 Å². The van der Waals surface area contributed by atoms with Crippen LogP contribution >= 0.6 is 11.8 Å². The molecule has 0 saturated carbocycles. The monoisotopic (exact) mass is 381 g/mol. The van der Waals surface area contributed by atoms with Gasteiger partial charge in [0.05, 0.1) is 6.67 Å². The quantitative estimate of drug-likeness (QED) is 0.689. The standard InChI is InChI=1S/C19H22F3N3S/c1-14-10-23-9-8-15(14)11-25-13-24(12-18(25,2)3)16-4-6-17(7-5-16)26-19(20,21)22/h4-10H,11-13H2,1-3H3. The largest absolute Gasteiger partial charge is 0.446 e. The molecule has 0 bridgehead atoms. The second-order valence-electron chi connectivity index (χ2n) is 7.19. The number of aromatic nitrogens is 1. The van der Waals surface area contributed by atoms with Gasteiger partial charge in [0.2, 0.25) is 0 Å². The Kier molecular flexibility index (Phi) is 5.21. The van der Waals surface area contributed by atoms with E-state index in [1.165, 1.54) is 17.7 Å². The predicted octanol–water partition coefficient (Wildman–Crippen LogP) is 5.06. The molecule has 140 valence electrons. The highest BCUT2D eigenvalue weighted by atomic mass is 32.2. The maximum atomic E-state index is 12.5. The fourth-order valence-corrected chi connectivity index (χ4v) is 3.73. The summed E-state index contributed by atoms with van der Waals surface area (Å²) >= 11 is -0.0791. The summed E-state index contributed by atoms with van der Waals surface area (Å²) in [5.41, 5.74) is -0.938. The van der Waals surface area contributed by atoms with Gasteiger partial charge in [0, 0.05) is 41.6 Å². The molecule has 2 aromatic rings. The van der Waals surface area contributed by atoms with Gasteiger partial charge in [-0.2, -0.15) is 13.2 Å². The van der Waals surface area contributed by atoms with Crippen molar-refractivity contribution in [2.24, 2.45) is 0 Å². The minimum atomic E-state index is -4.25. The van der Waals surface area contributed by atoms with Crippen molar-refractivity contribution in [1.29, 1.82) is 0 Å². The average molecular weight is 381 g/mol. The minimum Gasteiger partial charge on any atom is -0.357 e. The third-order valence-electron chi connectivity index (χ3n) is 4.71. The first kappa shape index (κ1) is 19.0. The summed E-state index contributed by atoms with van der Waals surface area (Å²) in [5.74, 6) is 0. The Morgan fingerprint density at radius 3 is 2.46 bits per heavy atom. The Morgan fingerprint density at radius 2 is 1.85 bits per heavy atom. The van der Waals surface area contributed by atoms with E-state index in [-0.39, 0.29) is 22.2 Å². The third-order valence-corrected chi connectivity index (χ3v) is 5.45. The predicted molar refractivity (Wildman–Crippen MR) is 99.2 cm³/mol. The van der Waals surface area contributed by atoms with E-state index in [1.54, 1.807) is 18.3 Å². The van der Waals surface area contributed by atoms with Crippen LogP contribution < -0.4 is 4.90 Å². The Hall–Kier alpha value is -1.73. The Labute approximate surface area is 156 Å². The molecule has 1 aromatic heterocycles. The maximum Gasteiger partial charge on any atom is 0.446 e. The Bertz CT molecular complexity index is 759. The van der Waals surface area contributed by atoms with E-state index in [0.717, 1.165) is 31.0 Å². The molecule has 0 unspecified atom stereocenters. The molecule has 7 heteroatoms. The van der Waals surface area contributed by atoms with Gasteiger partial charge in [-0.05, 0) is 74.0 Å². The molecule has 0 aliphatic carbocycles. The van der Waals surface area contributed by atoms with Crippen molar-refractivity contribution in [3.63, 3.8) is 0 Å². The molecule has 0 N–H and O–H groups in total. The molecule has 0 amide bonds. The average Bonchev–Trinajstić information content (AvgIpc) is 2.84. The van der Waals surface area contributed by atoms with Crippen molar-refractivity contribution >= 4 is 17.4 Å². The van der Waals surface area contributed by atoms with E-state index in [0.29, 0.717) is 0 Å². The second kappa shape index (κ2) is 7.12. The van der Waals surface area contributed by atoms with Gasteiger partial charge in [-0.3, -0.25) is 9.88 Å². The van der Waals surface area contributed by atoms with Crippen LogP contribution in [0.1, 0.15) is 25.0 Å². The van der Waals surface area contributed by atoms with Gasteiger partial charge in [0.25, 0.3) is 0 Å². The van der Waals surface area contributed by atoms with E-state index in [1.807, 2.05) is 12.3 Å². The van der Waals surface area contributed by atoms with E-state index in [9.17, 15) is 13.2 Å². The van der Waals surface area contributed by atoms with Gasteiger partial charge < -0.3 is 4.90 Å². The first-order valence-electron chi connectivity index (χ1n) is 8.39. The highest BCUT2D eigenvalue weighted by molar-refractivity contribution is 8.00. The summed E-state index contributed by atoms with van der Waals surface area (Å²) in [6.07, 6.45) is 3.67. The van der Waals surface area contributed by atoms with Gasteiger partial charge in [0.15, 0.2) is 0 Å². The zero-order valence-electron chi connectivity index (χ0n) is 15.0. The molecular formula is C19H22F3N3S. The summed E-state index contributed by atoms with van der Waals surface area (Å²) in [6.45, 7) is 8.82. The molecule has 1 aromatic carbocycles. The molecule has 3 nitrogen and oxygen atoms in total. The van der Waals surface area contributed by atoms with Gasteiger partial charge >= 0.3 is 5.51 Å². The minimum absolute atomic E-state index is 0.0326. The van der Waals surface area contributed by atoms with Crippen molar-refractivity contribution in [2.75, 3.05) is 18.1 Å². The number of nitrogens with zero attached hydrogens (tertiary/aromatic N) is 3. The zero-order valence-corrected chi connectivity index (χ0v) is 15.9. The number of halogens is 3. The van der Waals surface area contributed by atoms with Crippen LogP contribution in [-0.2, 0) is 6.54 Å². The van der Waals surface area contributed by atoms with Crippen molar-refractivity contribution < 1.29 is 13.2 Å². The number of benzene rings is 1. The molecule has 2 heterocycles. The van der Waals surface area contributed by atoms with Gasteiger partial charge in [0.1, 0.15) is 0 Å². The summed E-state index contributed by atoms with van der Waals surface area (Å²) in [6, 6.07) is 8.65. The highest BCUT2D eigenvalue weighted by Crippen LogP contribution is 2.38. The molecule has 0 atom stereocenters. The van der Waals surface area contributed by atoms with Crippen LogP contribution in [0.5, 0.6) is 0 Å². The van der Waals surface area contributed by atoms with Crippen LogP contribution in [-0.4, -0.2) is 34.1 Å². The molecule has 1 saturated heterocycles. The summed E-state index contributed by atoms with van der Waals surface area (Å²) < 4.78 is 37.4. The summed E-state index contributed by atoms with van der Waals surface area (Å²) in [7, 11) is 0. The van der Waals surface area contributed by atoms with Crippen LogP contribution in [0.2, 0.25) is 0 Å². The molecular weight excluding hydrogens is 359 g/mol. The number of alkyl halides is 3. The van der Waals surface area contributed by atoms with E-state index < -0.39 is 5.51 Å². The highest BCUT2D eigenvalue weighted by Gasteiger charge is 2.37. The Morgan fingerprint density at radius 1 is 1.15 bits per heavy atom. The molecule has 1 fully saturated rings. The molecule has 1 aliphatic rings. The Balaban J connectivity index is 1.72. The molecule has 1 aliphatic heterocycles. The lowest BCUT2D eigenvalue weighted by atomic mass is 10.0. The van der Waals surface area contributed by atoms with Crippen molar-refractivity contribution in [3.8, 4) is 0 Å². The lowest BCUT2D eigenvalue weighted by molar-refractivity contribution is -0.0328. The van der Waals surface area contributed by atoms with Gasteiger partial charge in [-0.25, -0.2) is 0 Å². The first-order valence-corrected chi connectivity index (χ1v) is 9.21. The van der Waals surface area contributed by atoms with E-state index in [4.69, 9.17) is 0 Å². The topological polar surface area (TPSA) is 19.4 Å². The van der Waals surface area contributed by atoms with Crippen molar-refractivity contribution in [3.05, 3.63) is 53.9 Å². The molecule has 3 rings (SSSR count). The molecule has 26 heavy (non-hydrogen) atoms. The number of anilines is 1. The fourth-order valence-electron chi connectivity index (χ4n) is 3.20. The lowest BCUT2D eigenvalue weighted by Crippen LogP contribution is -2.39.